The minimum atomic E-state index is -0.903. The monoisotopic (exact) mass is 372 g/mol. The molecule has 100 valence electrons. The first-order valence-corrected chi connectivity index (χ1v) is 7.22. The van der Waals surface area contributed by atoms with Gasteiger partial charge < -0.3 is 15.3 Å². The van der Waals surface area contributed by atoms with Crippen LogP contribution in [0.2, 0.25) is 0 Å². The van der Waals surface area contributed by atoms with Crippen molar-refractivity contribution in [3.8, 4) is 0 Å². The first-order valence-electron chi connectivity index (χ1n) is 6.15. The lowest BCUT2D eigenvalue weighted by molar-refractivity contribution is -0.123. The summed E-state index contributed by atoms with van der Waals surface area (Å²) in [7, 11) is 0. The molecule has 0 saturated carbocycles. The van der Waals surface area contributed by atoms with Crippen LogP contribution in [0.25, 0.3) is 0 Å². The molecule has 0 spiro atoms. The second kappa shape index (κ2) is 4.75. The Balaban J connectivity index is 1.90. The third-order valence-corrected chi connectivity index (χ3v) is 4.33. The molecule has 2 N–H and O–H groups in total. The van der Waals surface area contributed by atoms with Crippen LogP contribution in [0.4, 0.5) is 0 Å². The van der Waals surface area contributed by atoms with Crippen molar-refractivity contribution >= 4 is 34.4 Å². The molecule has 0 bridgehead atoms. The van der Waals surface area contributed by atoms with Crippen molar-refractivity contribution in [2.45, 2.75) is 25.1 Å². The summed E-state index contributed by atoms with van der Waals surface area (Å²) < 4.78 is 0.968. The second-order valence-electron chi connectivity index (χ2n) is 4.81. The fourth-order valence-electron chi connectivity index (χ4n) is 2.66. The molecule has 2 atom stereocenters. The van der Waals surface area contributed by atoms with E-state index in [9.17, 15) is 14.7 Å². The molecule has 5 nitrogen and oxygen atoms in total. The molecule has 0 aliphatic carbocycles. The molecule has 1 aromatic rings. The largest absolute Gasteiger partial charge is 0.369 e. The maximum Gasteiger partial charge on any atom is 0.256 e. The lowest BCUT2D eigenvalue weighted by atomic mass is 10.1. The van der Waals surface area contributed by atoms with Crippen molar-refractivity contribution in [2.75, 3.05) is 6.54 Å². The van der Waals surface area contributed by atoms with Crippen LogP contribution in [0.15, 0.2) is 18.2 Å². The van der Waals surface area contributed by atoms with Gasteiger partial charge in [0.05, 0.1) is 6.04 Å². The molecule has 1 saturated heterocycles. The van der Waals surface area contributed by atoms with Crippen molar-refractivity contribution in [1.29, 1.82) is 0 Å². The number of amides is 2. The third kappa shape index (κ3) is 2.12. The Hall–Kier alpha value is -1.15. The smallest absolute Gasteiger partial charge is 0.256 e. The van der Waals surface area contributed by atoms with Gasteiger partial charge in [0, 0.05) is 27.7 Å². The van der Waals surface area contributed by atoms with Crippen LogP contribution < -0.4 is 5.32 Å². The lowest BCUT2D eigenvalue weighted by Gasteiger charge is -2.33. The number of carbonyl (C=O) groups excluding carboxylic acids is 2. The van der Waals surface area contributed by atoms with Gasteiger partial charge in [0.1, 0.15) is 0 Å². The van der Waals surface area contributed by atoms with Gasteiger partial charge in [-0.05, 0) is 41.1 Å². The minimum Gasteiger partial charge on any atom is -0.369 e. The molecule has 2 heterocycles. The number of nitrogens with one attached hydrogen (secondary N) is 1. The summed E-state index contributed by atoms with van der Waals surface area (Å²) in [4.78, 5) is 25.0. The van der Waals surface area contributed by atoms with Crippen molar-refractivity contribution in [3.63, 3.8) is 0 Å². The first-order chi connectivity index (χ1) is 9.08. The van der Waals surface area contributed by atoms with Gasteiger partial charge in [0.15, 0.2) is 6.23 Å². The predicted octanol–water partition coefficient (Wildman–Crippen LogP) is 1.02. The predicted molar refractivity (Wildman–Crippen MR) is 76.3 cm³/mol. The Morgan fingerprint density at radius 1 is 1.37 bits per heavy atom. The third-order valence-electron chi connectivity index (χ3n) is 3.65. The van der Waals surface area contributed by atoms with Gasteiger partial charge in [-0.3, -0.25) is 9.59 Å². The minimum absolute atomic E-state index is 0.00412. The molecule has 19 heavy (non-hydrogen) atoms. The van der Waals surface area contributed by atoms with Crippen LogP contribution in [0.1, 0.15) is 35.0 Å². The Bertz CT molecular complexity index is 551. The highest BCUT2D eigenvalue weighted by atomic mass is 127. The highest BCUT2D eigenvalue weighted by Gasteiger charge is 2.40. The zero-order valence-electron chi connectivity index (χ0n) is 10.1. The van der Waals surface area contributed by atoms with E-state index in [1.54, 1.807) is 12.1 Å². The molecular formula is C13H13IN2O3. The quantitative estimate of drug-likeness (QED) is 0.724. The van der Waals surface area contributed by atoms with E-state index in [4.69, 9.17) is 0 Å². The summed E-state index contributed by atoms with van der Waals surface area (Å²) in [6, 6.07) is 5.33. The van der Waals surface area contributed by atoms with E-state index in [0.717, 1.165) is 3.57 Å². The highest BCUT2D eigenvalue weighted by molar-refractivity contribution is 14.1. The van der Waals surface area contributed by atoms with Gasteiger partial charge in [0.25, 0.3) is 5.91 Å². The molecule has 0 radical (unpaired) electrons. The number of nitrogens with zero attached hydrogens (tertiary/aromatic N) is 1. The SMILES string of the molecule is O=C1CCC(N2C(=O)c3cc(I)ccc3C2O)CN1. The number of halogens is 1. The van der Waals surface area contributed by atoms with Crippen LogP contribution in [0.3, 0.4) is 0 Å². The van der Waals surface area contributed by atoms with Gasteiger partial charge in [-0.15, -0.1) is 0 Å². The summed E-state index contributed by atoms with van der Waals surface area (Å²) in [6.45, 7) is 0.409. The second-order valence-corrected chi connectivity index (χ2v) is 6.06. The molecule has 1 fully saturated rings. The van der Waals surface area contributed by atoms with Gasteiger partial charge in [-0.25, -0.2) is 0 Å². The zero-order chi connectivity index (χ0) is 13.6. The van der Waals surface area contributed by atoms with E-state index < -0.39 is 6.23 Å². The van der Waals surface area contributed by atoms with Crippen molar-refractivity contribution in [1.82, 2.24) is 10.2 Å². The fourth-order valence-corrected chi connectivity index (χ4v) is 3.15. The van der Waals surface area contributed by atoms with E-state index >= 15 is 0 Å². The Labute approximate surface area is 124 Å². The molecule has 2 aliphatic heterocycles. The lowest BCUT2D eigenvalue weighted by Crippen LogP contribution is -2.49. The maximum atomic E-state index is 12.4. The summed E-state index contributed by atoms with van der Waals surface area (Å²) in [5.74, 6) is -0.147. The van der Waals surface area contributed by atoms with Crippen LogP contribution in [0.5, 0.6) is 0 Å². The van der Waals surface area contributed by atoms with Crippen molar-refractivity contribution < 1.29 is 14.7 Å². The Morgan fingerprint density at radius 2 is 2.16 bits per heavy atom. The average Bonchev–Trinajstić information content (AvgIpc) is 2.63. The number of carbonyl (C=O) groups is 2. The molecule has 1 aromatic carbocycles. The number of fused-ring (bicyclic) bond motifs is 1. The number of aliphatic hydroxyl groups excluding tert-OH is 1. The summed E-state index contributed by atoms with van der Waals surface area (Å²) in [5, 5.41) is 13.1. The topological polar surface area (TPSA) is 69.6 Å². The van der Waals surface area contributed by atoms with Gasteiger partial charge in [-0.2, -0.15) is 0 Å². The number of aliphatic hydroxyl groups is 1. The molecule has 3 rings (SSSR count). The molecule has 2 aliphatic rings. The Morgan fingerprint density at radius 3 is 2.84 bits per heavy atom. The highest BCUT2D eigenvalue weighted by Crippen LogP contribution is 2.35. The molecule has 0 aromatic heterocycles. The van der Waals surface area contributed by atoms with Crippen LogP contribution in [-0.2, 0) is 4.79 Å². The summed E-state index contributed by atoms with van der Waals surface area (Å²) >= 11 is 2.15. The number of hydrogen-bond acceptors (Lipinski definition) is 3. The van der Waals surface area contributed by atoms with Gasteiger partial charge in [0.2, 0.25) is 5.91 Å². The number of rotatable bonds is 1. The van der Waals surface area contributed by atoms with E-state index in [-0.39, 0.29) is 17.9 Å². The molecule has 2 unspecified atom stereocenters. The number of benzene rings is 1. The molecular weight excluding hydrogens is 359 g/mol. The van der Waals surface area contributed by atoms with Crippen molar-refractivity contribution in [3.05, 3.63) is 32.9 Å². The number of hydrogen-bond donors (Lipinski definition) is 2. The van der Waals surface area contributed by atoms with E-state index in [1.165, 1.54) is 4.90 Å². The summed E-state index contributed by atoms with van der Waals surface area (Å²) in [6.07, 6.45) is 0.0916. The maximum absolute atomic E-state index is 12.4. The van der Waals surface area contributed by atoms with E-state index in [2.05, 4.69) is 27.9 Å². The van der Waals surface area contributed by atoms with Crippen molar-refractivity contribution in [2.24, 2.45) is 0 Å². The average molecular weight is 372 g/mol. The van der Waals surface area contributed by atoms with Crippen LogP contribution in [-0.4, -0.2) is 34.4 Å². The first kappa shape index (κ1) is 12.9. The van der Waals surface area contributed by atoms with E-state index in [1.807, 2.05) is 6.07 Å². The zero-order valence-corrected chi connectivity index (χ0v) is 12.3. The number of piperidine rings is 1. The molecule has 2 amide bonds. The van der Waals surface area contributed by atoms with E-state index in [0.29, 0.717) is 30.5 Å². The molecule has 6 heteroatoms. The van der Waals surface area contributed by atoms with Crippen LogP contribution in [0, 0.1) is 3.57 Å². The van der Waals surface area contributed by atoms with Crippen LogP contribution >= 0.6 is 22.6 Å². The van der Waals surface area contributed by atoms with Gasteiger partial charge >= 0.3 is 0 Å². The normalized spacial score (nSPS) is 26.3. The Kier molecular flexibility index (Phi) is 3.22. The van der Waals surface area contributed by atoms with Gasteiger partial charge in [-0.1, -0.05) is 6.07 Å². The summed E-state index contributed by atoms with van der Waals surface area (Å²) in [5.41, 5.74) is 1.22. The fraction of sp³-hybridized carbons (Fsp3) is 0.385. The standard InChI is InChI=1S/C13H13IN2O3/c14-7-1-3-9-10(5-7)13(19)16(12(9)18)8-2-4-11(17)15-6-8/h1,3,5,8,12,18H,2,4,6H2,(H,15,17).